The largest absolute Gasteiger partial charge is 0.497 e. The Kier molecular flexibility index (Phi) is 6.54. The predicted molar refractivity (Wildman–Crippen MR) is 84.9 cm³/mol. The Morgan fingerprint density at radius 2 is 1.86 bits per heavy atom. The van der Waals surface area contributed by atoms with Gasteiger partial charge in [-0.15, -0.1) is 0 Å². The average Bonchev–Trinajstić information content (AvgIpc) is 2.55. The van der Waals surface area contributed by atoms with Crippen molar-refractivity contribution in [3.05, 3.63) is 29.8 Å². The number of carbonyl (C=O) groups excluding carboxylic acids is 1. The van der Waals surface area contributed by atoms with Crippen molar-refractivity contribution in [3.63, 3.8) is 0 Å². The van der Waals surface area contributed by atoms with Crippen molar-refractivity contribution in [2.24, 2.45) is 0 Å². The molecule has 0 spiro atoms. The van der Waals surface area contributed by atoms with Gasteiger partial charge in [-0.05, 0) is 69.6 Å². The monoisotopic (exact) mass is 290 g/mol. The molecule has 1 aromatic carbocycles. The molecule has 1 aliphatic heterocycles. The first-order valence-electron chi connectivity index (χ1n) is 7.94. The van der Waals surface area contributed by atoms with E-state index in [1.165, 1.54) is 38.9 Å². The van der Waals surface area contributed by atoms with E-state index in [4.69, 9.17) is 4.74 Å². The van der Waals surface area contributed by atoms with Crippen molar-refractivity contribution in [1.29, 1.82) is 0 Å². The summed E-state index contributed by atoms with van der Waals surface area (Å²) in [6.45, 7) is 4.41. The molecule has 4 heteroatoms. The Morgan fingerprint density at radius 1 is 1.14 bits per heavy atom. The van der Waals surface area contributed by atoms with Crippen LogP contribution in [0.15, 0.2) is 24.3 Å². The van der Waals surface area contributed by atoms with Crippen LogP contribution in [0.25, 0.3) is 0 Å². The zero-order valence-corrected chi connectivity index (χ0v) is 12.9. The molecule has 1 aliphatic rings. The lowest BCUT2D eigenvalue weighted by Gasteiger charge is -2.26. The molecule has 2 rings (SSSR count). The topological polar surface area (TPSA) is 41.6 Å². The van der Waals surface area contributed by atoms with Crippen molar-refractivity contribution in [2.45, 2.75) is 32.1 Å². The van der Waals surface area contributed by atoms with Gasteiger partial charge in [-0.3, -0.25) is 4.79 Å². The number of amides is 1. The van der Waals surface area contributed by atoms with Crippen LogP contribution in [0.1, 0.15) is 42.5 Å². The van der Waals surface area contributed by atoms with Gasteiger partial charge in [-0.2, -0.15) is 0 Å². The number of methoxy groups -OCH3 is 1. The SMILES string of the molecule is COc1ccc(C(=O)NCCCCN2CCCCC2)cc1. The fourth-order valence-corrected chi connectivity index (χ4v) is 2.69. The quantitative estimate of drug-likeness (QED) is 0.785. The summed E-state index contributed by atoms with van der Waals surface area (Å²) in [4.78, 5) is 14.5. The maximum absolute atomic E-state index is 11.9. The second-order valence-electron chi connectivity index (χ2n) is 5.59. The van der Waals surface area contributed by atoms with Gasteiger partial charge in [0.15, 0.2) is 0 Å². The van der Waals surface area contributed by atoms with Crippen LogP contribution < -0.4 is 10.1 Å². The molecule has 1 aromatic rings. The van der Waals surface area contributed by atoms with Gasteiger partial charge in [0, 0.05) is 12.1 Å². The van der Waals surface area contributed by atoms with Gasteiger partial charge in [-0.25, -0.2) is 0 Å². The molecule has 1 heterocycles. The van der Waals surface area contributed by atoms with Crippen LogP contribution >= 0.6 is 0 Å². The number of nitrogens with one attached hydrogen (secondary N) is 1. The molecule has 1 saturated heterocycles. The molecule has 0 aliphatic carbocycles. The Labute approximate surface area is 127 Å². The van der Waals surface area contributed by atoms with Crippen LogP contribution in [0, 0.1) is 0 Å². The van der Waals surface area contributed by atoms with Gasteiger partial charge in [0.25, 0.3) is 5.91 Å². The molecule has 0 aromatic heterocycles. The summed E-state index contributed by atoms with van der Waals surface area (Å²) in [6.07, 6.45) is 6.26. The van der Waals surface area contributed by atoms with E-state index in [-0.39, 0.29) is 5.91 Å². The highest BCUT2D eigenvalue weighted by Gasteiger charge is 2.09. The number of likely N-dealkylation sites (tertiary alicyclic amines) is 1. The average molecular weight is 290 g/mol. The molecule has 1 amide bonds. The van der Waals surface area contributed by atoms with Crippen molar-refractivity contribution in [2.75, 3.05) is 33.3 Å². The smallest absolute Gasteiger partial charge is 0.251 e. The van der Waals surface area contributed by atoms with E-state index in [0.29, 0.717) is 5.56 Å². The van der Waals surface area contributed by atoms with E-state index < -0.39 is 0 Å². The Hall–Kier alpha value is -1.55. The van der Waals surface area contributed by atoms with E-state index in [2.05, 4.69) is 10.2 Å². The molecule has 4 nitrogen and oxygen atoms in total. The standard InChI is InChI=1S/C17H26N2O2/c1-21-16-9-7-15(8-10-16)17(20)18-11-3-6-14-19-12-4-2-5-13-19/h7-10H,2-6,11-14H2,1H3,(H,18,20). The summed E-state index contributed by atoms with van der Waals surface area (Å²) in [7, 11) is 1.62. The van der Waals surface area contributed by atoms with E-state index in [1.807, 2.05) is 12.1 Å². The second-order valence-corrected chi connectivity index (χ2v) is 5.59. The summed E-state index contributed by atoms with van der Waals surface area (Å²) in [6, 6.07) is 7.21. The van der Waals surface area contributed by atoms with E-state index in [0.717, 1.165) is 25.1 Å². The first-order chi connectivity index (χ1) is 10.3. The lowest BCUT2D eigenvalue weighted by Crippen LogP contribution is -2.31. The third-order valence-electron chi connectivity index (χ3n) is 3.99. The maximum atomic E-state index is 11.9. The third kappa shape index (κ3) is 5.38. The fourth-order valence-electron chi connectivity index (χ4n) is 2.69. The van der Waals surface area contributed by atoms with E-state index in [1.54, 1.807) is 19.2 Å². The summed E-state index contributed by atoms with van der Waals surface area (Å²) in [5.74, 6) is 0.767. The lowest BCUT2D eigenvalue weighted by atomic mass is 10.1. The highest BCUT2D eigenvalue weighted by molar-refractivity contribution is 5.94. The molecule has 1 N–H and O–H groups in total. The number of benzene rings is 1. The van der Waals surface area contributed by atoms with Gasteiger partial charge < -0.3 is 15.0 Å². The first kappa shape index (κ1) is 15.8. The highest BCUT2D eigenvalue weighted by Crippen LogP contribution is 2.11. The van der Waals surface area contributed by atoms with Gasteiger partial charge in [0.1, 0.15) is 5.75 Å². The van der Waals surface area contributed by atoms with Gasteiger partial charge in [0.2, 0.25) is 0 Å². The number of carbonyl (C=O) groups is 1. The number of unbranched alkanes of at least 4 members (excludes halogenated alkanes) is 1. The van der Waals surface area contributed by atoms with Crippen LogP contribution in [-0.2, 0) is 0 Å². The third-order valence-corrected chi connectivity index (χ3v) is 3.99. The van der Waals surface area contributed by atoms with Crippen LogP contribution in [0.2, 0.25) is 0 Å². The van der Waals surface area contributed by atoms with Crippen molar-refractivity contribution in [3.8, 4) is 5.75 Å². The minimum atomic E-state index is -0.00405. The van der Waals surface area contributed by atoms with Crippen molar-refractivity contribution >= 4 is 5.91 Å². The molecule has 0 atom stereocenters. The van der Waals surface area contributed by atoms with Crippen molar-refractivity contribution < 1.29 is 9.53 Å². The molecular formula is C17H26N2O2. The minimum Gasteiger partial charge on any atom is -0.497 e. The first-order valence-corrected chi connectivity index (χ1v) is 7.94. The van der Waals surface area contributed by atoms with Crippen molar-refractivity contribution in [1.82, 2.24) is 10.2 Å². The van der Waals surface area contributed by atoms with Crippen LogP contribution in [0.3, 0.4) is 0 Å². The molecule has 21 heavy (non-hydrogen) atoms. The zero-order valence-electron chi connectivity index (χ0n) is 12.9. The van der Waals surface area contributed by atoms with Crippen LogP contribution in [0.5, 0.6) is 5.75 Å². The number of hydrogen-bond donors (Lipinski definition) is 1. The molecule has 0 unspecified atom stereocenters. The molecule has 0 saturated carbocycles. The summed E-state index contributed by atoms with van der Waals surface area (Å²) >= 11 is 0. The summed E-state index contributed by atoms with van der Waals surface area (Å²) in [5, 5.41) is 2.98. The van der Waals surface area contributed by atoms with Gasteiger partial charge >= 0.3 is 0 Å². The second kappa shape index (κ2) is 8.67. The van der Waals surface area contributed by atoms with Crippen LogP contribution in [-0.4, -0.2) is 44.1 Å². The fraction of sp³-hybridized carbons (Fsp3) is 0.588. The summed E-state index contributed by atoms with van der Waals surface area (Å²) in [5.41, 5.74) is 0.687. The molecule has 1 fully saturated rings. The molecule has 0 bridgehead atoms. The Bertz CT molecular complexity index is 425. The Balaban J connectivity index is 1.60. The zero-order chi connectivity index (χ0) is 14.9. The summed E-state index contributed by atoms with van der Waals surface area (Å²) < 4.78 is 5.08. The number of ether oxygens (including phenoxy) is 1. The van der Waals surface area contributed by atoms with E-state index >= 15 is 0 Å². The maximum Gasteiger partial charge on any atom is 0.251 e. The normalized spacial score (nSPS) is 15.7. The number of piperidine rings is 1. The highest BCUT2D eigenvalue weighted by atomic mass is 16.5. The number of rotatable bonds is 7. The number of hydrogen-bond acceptors (Lipinski definition) is 3. The van der Waals surface area contributed by atoms with E-state index in [9.17, 15) is 4.79 Å². The minimum absolute atomic E-state index is 0.00405. The molecule has 116 valence electrons. The molecular weight excluding hydrogens is 264 g/mol. The lowest BCUT2D eigenvalue weighted by molar-refractivity contribution is 0.0952. The molecule has 0 radical (unpaired) electrons. The van der Waals surface area contributed by atoms with Gasteiger partial charge in [-0.1, -0.05) is 6.42 Å². The van der Waals surface area contributed by atoms with Gasteiger partial charge in [0.05, 0.1) is 7.11 Å². The Morgan fingerprint density at radius 3 is 2.52 bits per heavy atom. The predicted octanol–water partition coefficient (Wildman–Crippen LogP) is 2.69. The van der Waals surface area contributed by atoms with Crippen LogP contribution in [0.4, 0.5) is 0 Å². The number of nitrogens with zero attached hydrogens (tertiary/aromatic N) is 1.